The standard InChI is InChI=1S/C16H12ClN3O3S2/c1-10(9-18)24-16-19-14-8-11(6-7-15(14)23-16)25(21,22)20-13-5-3-2-4-12(13)17/h2-8,10,20H,1H3/t10-/m0/s1. The van der Waals surface area contributed by atoms with Gasteiger partial charge in [0.1, 0.15) is 5.52 Å². The van der Waals surface area contributed by atoms with Crippen LogP contribution in [0.2, 0.25) is 5.02 Å². The molecule has 2 aromatic carbocycles. The van der Waals surface area contributed by atoms with Crippen molar-refractivity contribution in [2.45, 2.75) is 22.3 Å². The fourth-order valence-corrected chi connectivity index (χ4v) is 4.01. The molecule has 0 fully saturated rings. The first-order valence-electron chi connectivity index (χ1n) is 7.13. The highest BCUT2D eigenvalue weighted by Gasteiger charge is 2.18. The number of hydrogen-bond donors (Lipinski definition) is 1. The summed E-state index contributed by atoms with van der Waals surface area (Å²) in [5.74, 6) is 0. The molecule has 0 saturated carbocycles. The van der Waals surface area contributed by atoms with Crippen molar-refractivity contribution >= 4 is 50.2 Å². The Morgan fingerprint density at radius 2 is 2.08 bits per heavy atom. The van der Waals surface area contributed by atoms with Gasteiger partial charge in [-0.15, -0.1) is 0 Å². The van der Waals surface area contributed by atoms with Gasteiger partial charge >= 0.3 is 0 Å². The van der Waals surface area contributed by atoms with E-state index in [4.69, 9.17) is 21.3 Å². The molecule has 0 bridgehead atoms. The van der Waals surface area contributed by atoms with Crippen molar-refractivity contribution in [2.24, 2.45) is 0 Å². The SMILES string of the molecule is C[C@@H](C#N)Sc1nc2cc(S(=O)(=O)Nc3ccccc3Cl)ccc2o1. The smallest absolute Gasteiger partial charge is 0.262 e. The normalized spacial score (nSPS) is 12.7. The maximum Gasteiger partial charge on any atom is 0.262 e. The van der Waals surface area contributed by atoms with Crippen molar-refractivity contribution in [3.63, 3.8) is 0 Å². The van der Waals surface area contributed by atoms with Gasteiger partial charge in [-0.25, -0.2) is 13.4 Å². The van der Waals surface area contributed by atoms with E-state index in [1.807, 2.05) is 0 Å². The summed E-state index contributed by atoms with van der Waals surface area (Å²) in [5, 5.41) is 9.15. The summed E-state index contributed by atoms with van der Waals surface area (Å²) in [4.78, 5) is 4.27. The van der Waals surface area contributed by atoms with Crippen LogP contribution in [0, 0.1) is 11.3 Å². The predicted molar refractivity (Wildman–Crippen MR) is 97.2 cm³/mol. The number of thioether (sulfide) groups is 1. The number of nitrogens with zero attached hydrogens (tertiary/aromatic N) is 2. The highest BCUT2D eigenvalue weighted by Crippen LogP contribution is 2.29. The fourth-order valence-electron chi connectivity index (χ4n) is 2.03. The van der Waals surface area contributed by atoms with E-state index in [1.54, 1.807) is 31.2 Å². The van der Waals surface area contributed by atoms with Crippen molar-refractivity contribution in [2.75, 3.05) is 4.72 Å². The monoisotopic (exact) mass is 393 g/mol. The summed E-state index contributed by atoms with van der Waals surface area (Å²) < 4.78 is 33.1. The number of fused-ring (bicyclic) bond motifs is 1. The summed E-state index contributed by atoms with van der Waals surface area (Å²) in [5.41, 5.74) is 1.14. The van der Waals surface area contributed by atoms with Crippen LogP contribution < -0.4 is 4.72 Å². The van der Waals surface area contributed by atoms with E-state index in [0.717, 1.165) is 0 Å². The van der Waals surface area contributed by atoms with Crippen LogP contribution in [0.25, 0.3) is 11.1 Å². The van der Waals surface area contributed by atoms with E-state index >= 15 is 0 Å². The number of rotatable bonds is 5. The molecule has 0 spiro atoms. The second-order valence-electron chi connectivity index (χ2n) is 5.08. The summed E-state index contributed by atoms with van der Waals surface area (Å²) in [6, 6.07) is 13.0. The van der Waals surface area contributed by atoms with Gasteiger partial charge in [-0.2, -0.15) is 5.26 Å². The van der Waals surface area contributed by atoms with E-state index in [-0.39, 0.29) is 10.1 Å². The summed E-state index contributed by atoms with van der Waals surface area (Å²) in [6.07, 6.45) is 0. The lowest BCUT2D eigenvalue weighted by atomic mass is 10.3. The number of hydrogen-bond acceptors (Lipinski definition) is 6. The third kappa shape index (κ3) is 3.90. The van der Waals surface area contributed by atoms with E-state index in [9.17, 15) is 8.42 Å². The molecule has 0 aliphatic heterocycles. The second-order valence-corrected chi connectivity index (χ2v) is 8.47. The van der Waals surface area contributed by atoms with Crippen molar-refractivity contribution in [3.8, 4) is 6.07 Å². The number of para-hydroxylation sites is 1. The van der Waals surface area contributed by atoms with Crippen LogP contribution >= 0.6 is 23.4 Å². The maximum atomic E-state index is 12.6. The predicted octanol–water partition coefficient (Wildman–Crippen LogP) is 4.29. The van der Waals surface area contributed by atoms with Crippen LogP contribution in [0.3, 0.4) is 0 Å². The van der Waals surface area contributed by atoms with Gasteiger partial charge in [0.2, 0.25) is 0 Å². The molecule has 128 valence electrons. The molecule has 9 heteroatoms. The molecule has 1 heterocycles. The molecule has 6 nitrogen and oxygen atoms in total. The minimum absolute atomic E-state index is 0.0399. The minimum atomic E-state index is -3.82. The van der Waals surface area contributed by atoms with Crippen molar-refractivity contribution < 1.29 is 12.8 Å². The number of sulfonamides is 1. The molecular weight excluding hydrogens is 382 g/mol. The third-order valence-electron chi connectivity index (χ3n) is 3.23. The zero-order valence-corrected chi connectivity index (χ0v) is 15.3. The Bertz CT molecular complexity index is 1070. The number of oxazole rings is 1. The van der Waals surface area contributed by atoms with Crippen LogP contribution in [-0.2, 0) is 10.0 Å². The molecular formula is C16H12ClN3O3S2. The van der Waals surface area contributed by atoms with Crippen molar-refractivity contribution in [1.82, 2.24) is 4.98 Å². The molecule has 0 aliphatic rings. The summed E-state index contributed by atoms with van der Waals surface area (Å²) >= 11 is 7.16. The molecule has 0 radical (unpaired) electrons. The average molecular weight is 394 g/mol. The van der Waals surface area contributed by atoms with Gasteiger partial charge in [0, 0.05) is 0 Å². The Morgan fingerprint density at radius 1 is 1.32 bits per heavy atom. The van der Waals surface area contributed by atoms with Gasteiger partial charge in [0.15, 0.2) is 5.58 Å². The molecule has 0 saturated heterocycles. The van der Waals surface area contributed by atoms with E-state index < -0.39 is 10.0 Å². The molecule has 3 aromatic rings. The average Bonchev–Trinajstić information content (AvgIpc) is 2.98. The zero-order valence-electron chi connectivity index (χ0n) is 12.9. The van der Waals surface area contributed by atoms with Gasteiger partial charge in [-0.05, 0) is 49.0 Å². The first kappa shape index (κ1) is 17.6. The van der Waals surface area contributed by atoms with Gasteiger partial charge in [-0.3, -0.25) is 4.72 Å². The first-order valence-corrected chi connectivity index (χ1v) is 9.87. The van der Waals surface area contributed by atoms with E-state index in [1.165, 1.54) is 30.0 Å². The number of anilines is 1. The minimum Gasteiger partial charge on any atom is -0.431 e. The van der Waals surface area contributed by atoms with Gasteiger partial charge in [0.25, 0.3) is 15.2 Å². The number of benzene rings is 2. The number of nitriles is 1. The molecule has 1 atom stereocenters. The number of aromatic nitrogens is 1. The fraction of sp³-hybridized carbons (Fsp3) is 0.125. The van der Waals surface area contributed by atoms with E-state index in [2.05, 4.69) is 15.8 Å². The summed E-state index contributed by atoms with van der Waals surface area (Å²) in [7, 11) is -3.82. The van der Waals surface area contributed by atoms with Gasteiger partial charge in [0.05, 0.1) is 26.9 Å². The summed E-state index contributed by atoms with van der Waals surface area (Å²) in [6.45, 7) is 1.73. The van der Waals surface area contributed by atoms with Crippen LogP contribution in [0.15, 0.2) is 57.0 Å². The second kappa shape index (κ2) is 6.96. The van der Waals surface area contributed by atoms with Crippen molar-refractivity contribution in [1.29, 1.82) is 5.26 Å². The maximum absolute atomic E-state index is 12.6. The van der Waals surface area contributed by atoms with Gasteiger partial charge in [-0.1, -0.05) is 23.7 Å². The Hall–Kier alpha value is -2.21. The molecule has 1 N–H and O–H groups in total. The van der Waals surface area contributed by atoms with Crippen LogP contribution in [0.5, 0.6) is 0 Å². The molecule has 0 aliphatic carbocycles. The lowest BCUT2D eigenvalue weighted by molar-refractivity contribution is 0.489. The van der Waals surface area contributed by atoms with Crippen LogP contribution in [0.4, 0.5) is 5.69 Å². The van der Waals surface area contributed by atoms with Gasteiger partial charge < -0.3 is 4.42 Å². The first-order chi connectivity index (χ1) is 11.9. The lowest BCUT2D eigenvalue weighted by Crippen LogP contribution is -2.13. The number of halogens is 1. The van der Waals surface area contributed by atoms with E-state index in [0.29, 0.717) is 27.0 Å². The highest BCUT2D eigenvalue weighted by molar-refractivity contribution is 7.99. The number of nitrogens with one attached hydrogen (secondary N) is 1. The largest absolute Gasteiger partial charge is 0.431 e. The molecule has 0 amide bonds. The Morgan fingerprint density at radius 3 is 2.80 bits per heavy atom. The van der Waals surface area contributed by atoms with Crippen LogP contribution in [0.1, 0.15) is 6.92 Å². The third-order valence-corrected chi connectivity index (χ3v) is 5.76. The Kier molecular flexibility index (Phi) is 4.90. The molecule has 1 aromatic heterocycles. The van der Waals surface area contributed by atoms with Crippen LogP contribution in [-0.4, -0.2) is 18.7 Å². The molecule has 25 heavy (non-hydrogen) atoms. The Balaban J connectivity index is 1.92. The molecule has 0 unspecified atom stereocenters. The van der Waals surface area contributed by atoms with Crippen molar-refractivity contribution in [3.05, 3.63) is 47.5 Å². The lowest BCUT2D eigenvalue weighted by Gasteiger charge is -2.09. The topological polar surface area (TPSA) is 96.0 Å². The quantitative estimate of drug-likeness (QED) is 0.649. The zero-order chi connectivity index (χ0) is 18.0. The Labute approximate surface area is 153 Å². The molecule has 3 rings (SSSR count). The highest BCUT2D eigenvalue weighted by atomic mass is 35.5.